The zero-order valence-corrected chi connectivity index (χ0v) is 10.9. The average molecular weight is 238 g/mol. The molecule has 0 aromatic heterocycles. The molecule has 0 amide bonds. The maximum absolute atomic E-state index is 2.89. The van der Waals surface area contributed by atoms with Crippen LogP contribution in [0, 0.1) is 12.1 Å². The van der Waals surface area contributed by atoms with Crippen LogP contribution in [0.2, 0.25) is 0 Å². The van der Waals surface area contributed by atoms with Gasteiger partial charge in [-0.05, 0) is 0 Å². The molecular formula is C12H12OZn. The van der Waals surface area contributed by atoms with Crippen LogP contribution in [0.15, 0.2) is 60.7 Å². The Hall–Kier alpha value is -0.977. The summed E-state index contributed by atoms with van der Waals surface area (Å²) in [5.74, 6) is 0. The van der Waals surface area contributed by atoms with Crippen molar-refractivity contribution in [1.82, 2.24) is 0 Å². The van der Waals surface area contributed by atoms with Gasteiger partial charge in [-0.15, -0.1) is 0 Å². The van der Waals surface area contributed by atoms with Crippen LogP contribution in [0.25, 0.3) is 0 Å². The monoisotopic (exact) mass is 236 g/mol. The van der Waals surface area contributed by atoms with Crippen LogP contribution >= 0.6 is 0 Å². The van der Waals surface area contributed by atoms with E-state index >= 15 is 0 Å². The standard InChI is InChI=1S/2C6H5.H2O.Zn/c2*1-2-4-6-5-3-1;;/h2*1-5H;1H2;/q2*-1;;+2. The van der Waals surface area contributed by atoms with Crippen molar-refractivity contribution >= 4 is 0 Å². The molecule has 0 spiro atoms. The molecular weight excluding hydrogens is 226 g/mol. The van der Waals surface area contributed by atoms with Gasteiger partial charge in [0.25, 0.3) is 0 Å². The molecule has 0 aliphatic rings. The topological polar surface area (TPSA) is 31.5 Å². The summed E-state index contributed by atoms with van der Waals surface area (Å²) in [4.78, 5) is 0. The van der Waals surface area contributed by atoms with Crippen molar-refractivity contribution in [3.8, 4) is 0 Å². The number of benzene rings is 2. The fraction of sp³-hybridized carbons (Fsp3) is 0. The number of hydrogen-bond donors (Lipinski definition) is 0. The first-order valence-corrected chi connectivity index (χ1v) is 3.82. The third kappa shape index (κ3) is 9.11. The van der Waals surface area contributed by atoms with Crippen molar-refractivity contribution in [2.75, 3.05) is 0 Å². The molecule has 0 unspecified atom stereocenters. The van der Waals surface area contributed by atoms with Gasteiger partial charge in [0.2, 0.25) is 0 Å². The third-order valence-electron chi connectivity index (χ3n) is 1.21. The Morgan fingerprint density at radius 1 is 0.500 bits per heavy atom. The van der Waals surface area contributed by atoms with E-state index in [1.807, 2.05) is 60.7 Å². The predicted molar refractivity (Wildman–Crippen MR) is 54.2 cm³/mol. The van der Waals surface area contributed by atoms with Crippen molar-refractivity contribution < 1.29 is 25.0 Å². The summed E-state index contributed by atoms with van der Waals surface area (Å²) in [7, 11) is 0. The summed E-state index contributed by atoms with van der Waals surface area (Å²) < 4.78 is 0. The van der Waals surface area contributed by atoms with E-state index in [1.165, 1.54) is 0 Å². The van der Waals surface area contributed by atoms with Crippen molar-refractivity contribution in [1.29, 1.82) is 0 Å². The first-order valence-electron chi connectivity index (χ1n) is 3.82. The minimum Gasteiger partial charge on any atom is -0.412 e. The summed E-state index contributed by atoms with van der Waals surface area (Å²) in [5.41, 5.74) is 0. The van der Waals surface area contributed by atoms with Gasteiger partial charge in [-0.1, -0.05) is 0 Å². The SMILES string of the molecule is O.[Zn+2].[c-]1ccccc1.[c-]1ccccc1. The molecule has 0 fully saturated rings. The van der Waals surface area contributed by atoms with Crippen molar-refractivity contribution in [3.05, 3.63) is 72.8 Å². The molecule has 14 heavy (non-hydrogen) atoms. The molecule has 0 heterocycles. The minimum absolute atomic E-state index is 0. The number of rotatable bonds is 0. The van der Waals surface area contributed by atoms with Gasteiger partial charge in [-0.3, -0.25) is 0 Å². The molecule has 0 saturated carbocycles. The van der Waals surface area contributed by atoms with Crippen LogP contribution in [-0.4, -0.2) is 5.48 Å². The van der Waals surface area contributed by atoms with Crippen LogP contribution in [0.5, 0.6) is 0 Å². The second-order valence-corrected chi connectivity index (χ2v) is 2.15. The molecule has 0 radical (unpaired) electrons. The van der Waals surface area contributed by atoms with E-state index in [1.54, 1.807) is 0 Å². The quantitative estimate of drug-likeness (QED) is 0.497. The Labute approximate surface area is 97.9 Å². The average Bonchev–Trinajstić information content (AvgIpc) is 2.24. The minimum atomic E-state index is 0. The zero-order valence-electron chi connectivity index (χ0n) is 7.98. The zero-order chi connectivity index (χ0) is 8.49. The molecule has 2 rings (SSSR count). The molecule has 2 aromatic carbocycles. The van der Waals surface area contributed by atoms with E-state index in [0.29, 0.717) is 0 Å². The van der Waals surface area contributed by atoms with Crippen LogP contribution in [0.4, 0.5) is 0 Å². The smallest absolute Gasteiger partial charge is 0.412 e. The fourth-order valence-electron chi connectivity index (χ4n) is 0.684. The van der Waals surface area contributed by atoms with Crippen LogP contribution in [-0.2, 0) is 19.5 Å². The van der Waals surface area contributed by atoms with Gasteiger partial charge in [-0.25, -0.2) is 0 Å². The molecule has 2 aromatic rings. The number of hydrogen-bond acceptors (Lipinski definition) is 0. The summed E-state index contributed by atoms with van der Waals surface area (Å²) in [6, 6.07) is 25.0. The second-order valence-electron chi connectivity index (χ2n) is 2.15. The summed E-state index contributed by atoms with van der Waals surface area (Å²) >= 11 is 0. The van der Waals surface area contributed by atoms with Crippen molar-refractivity contribution in [3.63, 3.8) is 0 Å². The van der Waals surface area contributed by atoms with Crippen LogP contribution in [0.3, 0.4) is 0 Å². The van der Waals surface area contributed by atoms with E-state index in [-0.39, 0.29) is 25.0 Å². The van der Waals surface area contributed by atoms with Crippen LogP contribution in [0.1, 0.15) is 0 Å². The van der Waals surface area contributed by atoms with Gasteiger partial charge < -0.3 is 5.48 Å². The normalized spacial score (nSPS) is 6.86. The third-order valence-corrected chi connectivity index (χ3v) is 1.21. The molecule has 2 N–H and O–H groups in total. The molecule has 1 nitrogen and oxygen atoms in total. The first kappa shape index (κ1) is 15.5. The maximum Gasteiger partial charge on any atom is 2.00 e. The first-order chi connectivity index (χ1) is 6.00. The Kier molecular flexibility index (Phi) is 13.3. The summed E-state index contributed by atoms with van der Waals surface area (Å²) in [5, 5.41) is 0. The van der Waals surface area contributed by atoms with E-state index < -0.39 is 0 Å². The van der Waals surface area contributed by atoms with Gasteiger partial charge in [0, 0.05) is 0 Å². The Balaban J connectivity index is 0. The Morgan fingerprint density at radius 2 is 0.786 bits per heavy atom. The van der Waals surface area contributed by atoms with E-state index in [0.717, 1.165) is 0 Å². The molecule has 0 aliphatic carbocycles. The van der Waals surface area contributed by atoms with E-state index in [2.05, 4.69) is 12.1 Å². The van der Waals surface area contributed by atoms with E-state index in [9.17, 15) is 0 Å². The largest absolute Gasteiger partial charge is 2.00 e. The summed E-state index contributed by atoms with van der Waals surface area (Å²) in [6.07, 6.45) is 0. The molecule has 0 aliphatic heterocycles. The molecule has 0 saturated heterocycles. The van der Waals surface area contributed by atoms with Crippen LogP contribution < -0.4 is 0 Å². The van der Waals surface area contributed by atoms with Gasteiger partial charge in [-0.2, -0.15) is 72.8 Å². The second kappa shape index (κ2) is 12.0. The molecule has 0 atom stereocenters. The van der Waals surface area contributed by atoms with Gasteiger partial charge in [0.15, 0.2) is 0 Å². The summed E-state index contributed by atoms with van der Waals surface area (Å²) in [6.45, 7) is 0. The van der Waals surface area contributed by atoms with E-state index in [4.69, 9.17) is 0 Å². The Bertz CT molecular complexity index is 186. The molecule has 68 valence electrons. The van der Waals surface area contributed by atoms with Gasteiger partial charge in [0.1, 0.15) is 0 Å². The fourth-order valence-corrected chi connectivity index (χ4v) is 0.684. The van der Waals surface area contributed by atoms with Gasteiger partial charge in [0.05, 0.1) is 0 Å². The maximum atomic E-state index is 2.89. The van der Waals surface area contributed by atoms with Crippen molar-refractivity contribution in [2.45, 2.75) is 0 Å². The molecule has 2 heteroatoms. The van der Waals surface area contributed by atoms with Crippen molar-refractivity contribution in [2.24, 2.45) is 0 Å². The Morgan fingerprint density at radius 3 is 0.857 bits per heavy atom. The van der Waals surface area contributed by atoms with Gasteiger partial charge >= 0.3 is 19.5 Å². The molecule has 0 bridgehead atoms. The predicted octanol–water partition coefficient (Wildman–Crippen LogP) is 2.15.